The van der Waals surface area contributed by atoms with Gasteiger partial charge in [-0.1, -0.05) is 36.4 Å². The van der Waals surface area contributed by atoms with Gasteiger partial charge in [-0.15, -0.1) is 0 Å². The second-order valence-corrected chi connectivity index (χ2v) is 3.52. The molecular weight excluding hydrogens is 188 g/mol. The Hall–Kier alpha value is -2.16. The Balaban J connectivity index is 2.56. The van der Waals surface area contributed by atoms with Gasteiger partial charge in [0.25, 0.3) is 0 Å². The van der Waals surface area contributed by atoms with E-state index in [0.29, 0.717) is 11.3 Å². The lowest BCUT2D eigenvalue weighted by molar-refractivity contribution is 0.107. The highest BCUT2D eigenvalue weighted by Gasteiger charge is 2.28. The van der Waals surface area contributed by atoms with Crippen LogP contribution < -0.4 is 5.84 Å². The molecule has 0 heterocycles. The summed E-state index contributed by atoms with van der Waals surface area (Å²) in [6, 6.07) is 11.4. The smallest absolute Gasteiger partial charge is 0.214 e. The highest BCUT2D eigenvalue weighted by molar-refractivity contribution is 6.59. The van der Waals surface area contributed by atoms with Crippen LogP contribution in [-0.2, 0) is 0 Å². The van der Waals surface area contributed by atoms with Crippen LogP contribution in [0.15, 0.2) is 41.5 Å². The van der Waals surface area contributed by atoms with Crippen LogP contribution in [0.5, 0.6) is 0 Å². The number of nitrogens with two attached hydrogens (primary N) is 1. The molecule has 2 N–H and O–H groups in total. The second-order valence-electron chi connectivity index (χ2n) is 3.52. The van der Waals surface area contributed by atoms with Gasteiger partial charge in [-0.25, -0.2) is 0 Å². The molecule has 0 fully saturated rings. The monoisotopic (exact) mass is 196 g/mol. The number of hydrogen-bond donors (Lipinski definition) is 1. The van der Waals surface area contributed by atoms with Crippen molar-refractivity contribution < 1.29 is 4.79 Å². The van der Waals surface area contributed by atoms with E-state index in [4.69, 9.17) is 5.84 Å². The van der Waals surface area contributed by atoms with Crippen molar-refractivity contribution in [1.29, 1.82) is 0 Å². The van der Waals surface area contributed by atoms with Crippen LogP contribution in [0.2, 0.25) is 0 Å². The fourth-order valence-electron chi connectivity index (χ4n) is 2.11. The van der Waals surface area contributed by atoms with E-state index < -0.39 is 0 Å². The summed E-state index contributed by atoms with van der Waals surface area (Å²) in [5.41, 5.74) is 1.91. The first-order valence-corrected chi connectivity index (χ1v) is 4.67. The summed E-state index contributed by atoms with van der Waals surface area (Å²) in [6.45, 7) is 0. The molecule has 1 aliphatic rings. The van der Waals surface area contributed by atoms with E-state index in [-0.39, 0.29) is 5.78 Å². The van der Waals surface area contributed by atoms with Crippen LogP contribution in [0, 0.1) is 0 Å². The SMILES string of the molecule is NN=C1C(=O)c2cccc3cccc1c23. The molecule has 0 saturated carbocycles. The zero-order valence-corrected chi connectivity index (χ0v) is 7.90. The number of carbonyl (C=O) groups excluding carboxylic acids is 1. The van der Waals surface area contributed by atoms with Crippen molar-refractivity contribution in [3.63, 3.8) is 0 Å². The van der Waals surface area contributed by atoms with Crippen LogP contribution in [0.25, 0.3) is 10.8 Å². The van der Waals surface area contributed by atoms with Crippen LogP contribution in [0.3, 0.4) is 0 Å². The van der Waals surface area contributed by atoms with Crippen molar-refractivity contribution in [2.24, 2.45) is 10.9 Å². The number of ketones is 1. The minimum absolute atomic E-state index is 0.0794. The lowest BCUT2D eigenvalue weighted by Gasteiger charge is -1.98. The second kappa shape index (κ2) is 2.67. The number of hydrogen-bond acceptors (Lipinski definition) is 3. The Kier molecular flexibility index (Phi) is 1.45. The maximum absolute atomic E-state index is 11.9. The molecule has 0 aromatic heterocycles. The summed E-state index contributed by atoms with van der Waals surface area (Å²) >= 11 is 0. The van der Waals surface area contributed by atoms with Crippen molar-refractivity contribution in [2.45, 2.75) is 0 Å². The van der Waals surface area contributed by atoms with Gasteiger partial charge in [0.2, 0.25) is 5.78 Å². The maximum atomic E-state index is 11.9. The molecule has 15 heavy (non-hydrogen) atoms. The molecule has 0 amide bonds. The third-order valence-electron chi connectivity index (χ3n) is 2.75. The third-order valence-corrected chi connectivity index (χ3v) is 2.75. The molecule has 72 valence electrons. The number of benzene rings is 2. The van der Waals surface area contributed by atoms with Crippen LogP contribution in [0.4, 0.5) is 0 Å². The first-order valence-electron chi connectivity index (χ1n) is 4.67. The van der Waals surface area contributed by atoms with Gasteiger partial charge >= 0.3 is 0 Å². The van der Waals surface area contributed by atoms with Gasteiger partial charge in [0.1, 0.15) is 5.71 Å². The average molecular weight is 196 g/mol. The Morgan fingerprint density at radius 1 is 1.00 bits per heavy atom. The molecule has 0 spiro atoms. The van der Waals surface area contributed by atoms with Gasteiger partial charge < -0.3 is 5.84 Å². The zero-order valence-electron chi connectivity index (χ0n) is 7.90. The fourth-order valence-corrected chi connectivity index (χ4v) is 2.11. The quantitative estimate of drug-likeness (QED) is 0.515. The van der Waals surface area contributed by atoms with E-state index in [9.17, 15) is 4.79 Å². The lowest BCUT2D eigenvalue weighted by atomic mass is 10.1. The summed E-state index contributed by atoms with van der Waals surface area (Å²) in [7, 11) is 0. The van der Waals surface area contributed by atoms with Crippen LogP contribution in [-0.4, -0.2) is 11.5 Å². The van der Waals surface area contributed by atoms with E-state index in [1.54, 1.807) is 0 Å². The minimum atomic E-state index is -0.0794. The number of nitrogens with zero attached hydrogens (tertiary/aromatic N) is 1. The van der Waals surface area contributed by atoms with Crippen molar-refractivity contribution in [3.05, 3.63) is 47.5 Å². The van der Waals surface area contributed by atoms with Gasteiger partial charge in [-0.3, -0.25) is 4.79 Å². The van der Waals surface area contributed by atoms with E-state index in [1.807, 2.05) is 36.4 Å². The maximum Gasteiger partial charge on any atom is 0.214 e. The Morgan fingerprint density at radius 3 is 2.33 bits per heavy atom. The predicted octanol–water partition coefficient (Wildman–Crippen LogP) is 1.70. The van der Waals surface area contributed by atoms with Crippen molar-refractivity contribution in [2.75, 3.05) is 0 Å². The standard InChI is InChI=1S/C12H8N2O/c13-14-11-8-5-1-3-7-4-2-6-9(10(7)8)12(11)15/h1-6H,13H2. The zero-order chi connectivity index (χ0) is 10.4. The molecule has 3 heteroatoms. The Labute approximate surface area is 86.2 Å². The van der Waals surface area contributed by atoms with E-state index in [2.05, 4.69) is 5.10 Å². The molecule has 3 nitrogen and oxygen atoms in total. The third kappa shape index (κ3) is 0.892. The van der Waals surface area contributed by atoms with Crippen molar-refractivity contribution in [3.8, 4) is 0 Å². The van der Waals surface area contributed by atoms with E-state index >= 15 is 0 Å². The lowest BCUT2D eigenvalue weighted by Crippen LogP contribution is -2.10. The van der Waals surface area contributed by atoms with Crippen molar-refractivity contribution >= 4 is 22.3 Å². The van der Waals surface area contributed by atoms with Gasteiger partial charge in [-0.2, -0.15) is 5.10 Å². The molecular formula is C12H8N2O. The molecule has 3 rings (SSSR count). The van der Waals surface area contributed by atoms with E-state index in [0.717, 1.165) is 16.3 Å². The number of rotatable bonds is 0. The van der Waals surface area contributed by atoms with E-state index in [1.165, 1.54) is 0 Å². The molecule has 2 aromatic carbocycles. The van der Waals surface area contributed by atoms with Crippen molar-refractivity contribution in [1.82, 2.24) is 0 Å². The number of carbonyl (C=O) groups is 1. The van der Waals surface area contributed by atoms with Gasteiger partial charge in [0.15, 0.2) is 0 Å². The van der Waals surface area contributed by atoms with Crippen LogP contribution >= 0.6 is 0 Å². The van der Waals surface area contributed by atoms with Gasteiger partial charge in [0.05, 0.1) is 0 Å². The van der Waals surface area contributed by atoms with Gasteiger partial charge in [0, 0.05) is 16.5 Å². The molecule has 2 aromatic rings. The first-order chi connectivity index (χ1) is 7.33. The number of hydrazone groups is 1. The normalized spacial score (nSPS) is 16.5. The molecule has 1 aliphatic carbocycles. The minimum Gasteiger partial charge on any atom is -0.323 e. The summed E-state index contributed by atoms with van der Waals surface area (Å²) in [6.07, 6.45) is 0. The number of Topliss-reactive ketones (excluding diaryl/α,β-unsaturated/α-hetero) is 1. The molecule has 0 saturated heterocycles. The fraction of sp³-hybridized carbons (Fsp3) is 0. The topological polar surface area (TPSA) is 55.4 Å². The molecule has 0 radical (unpaired) electrons. The first kappa shape index (κ1) is 8.17. The van der Waals surface area contributed by atoms with Crippen LogP contribution in [0.1, 0.15) is 15.9 Å². The summed E-state index contributed by atoms with van der Waals surface area (Å²) in [4.78, 5) is 11.9. The molecule has 0 atom stereocenters. The molecule has 0 aliphatic heterocycles. The Morgan fingerprint density at radius 2 is 1.67 bits per heavy atom. The predicted molar refractivity (Wildman–Crippen MR) is 59.0 cm³/mol. The molecule has 0 unspecified atom stereocenters. The highest BCUT2D eigenvalue weighted by atomic mass is 16.1. The summed E-state index contributed by atoms with van der Waals surface area (Å²) in [5.74, 6) is 5.17. The Bertz CT molecular complexity index is 609. The van der Waals surface area contributed by atoms with Gasteiger partial charge in [-0.05, 0) is 5.39 Å². The summed E-state index contributed by atoms with van der Waals surface area (Å²) < 4.78 is 0. The highest BCUT2D eigenvalue weighted by Crippen LogP contribution is 2.30. The summed E-state index contributed by atoms with van der Waals surface area (Å²) in [5, 5.41) is 5.60. The molecule has 0 bridgehead atoms. The largest absolute Gasteiger partial charge is 0.323 e. The average Bonchev–Trinajstić information content (AvgIpc) is 2.55.